The monoisotopic (exact) mass is 1300 g/mol. The van der Waals surface area contributed by atoms with Crippen LogP contribution in [0.1, 0.15) is 132 Å². The lowest BCUT2D eigenvalue weighted by Crippen LogP contribution is -2.34. The number of para-hydroxylation sites is 2. The fourth-order valence-electron chi connectivity index (χ4n) is 16.3. The van der Waals surface area contributed by atoms with Crippen LogP contribution >= 0.6 is 0 Å². The third kappa shape index (κ3) is 11.6. The maximum Gasteiger partial charge on any atom is 0.221 e. The van der Waals surface area contributed by atoms with Gasteiger partial charge in [0.05, 0.1) is 38.6 Å². The molecule has 0 saturated carbocycles. The van der Waals surface area contributed by atoms with Gasteiger partial charge < -0.3 is 0 Å². The van der Waals surface area contributed by atoms with Crippen molar-refractivity contribution >= 4 is 54.3 Å². The van der Waals surface area contributed by atoms with Crippen LogP contribution in [0.3, 0.4) is 0 Å². The number of rotatable bonds is 4. The molecule has 6 heteroatoms. The highest BCUT2D eigenvalue weighted by atomic mass is 19.1. The maximum atomic E-state index is 13.3. The Kier molecular flexibility index (Phi) is 16.7. The highest BCUT2D eigenvalue weighted by Crippen LogP contribution is 2.39. The van der Waals surface area contributed by atoms with Crippen LogP contribution in [0.5, 0.6) is 0 Å². The van der Waals surface area contributed by atoms with E-state index in [0.717, 1.165) is 43.6 Å². The molecule has 0 radical (unpaired) electrons. The lowest BCUT2D eigenvalue weighted by atomic mass is 9.94. The first-order chi connectivity index (χ1) is 48.6. The van der Waals surface area contributed by atoms with Gasteiger partial charge in [0.15, 0.2) is 45.1 Å². The second kappa shape index (κ2) is 26.1. The van der Waals surface area contributed by atoms with Crippen molar-refractivity contribution in [2.75, 3.05) is 0 Å². The fraction of sp³-hybridized carbons (Fsp3) is 0.202. The number of pyridine rings is 5. The molecule has 100 heavy (non-hydrogen) atoms. The van der Waals surface area contributed by atoms with E-state index in [1.54, 1.807) is 6.07 Å². The van der Waals surface area contributed by atoms with Crippen molar-refractivity contribution in [1.82, 2.24) is 0 Å². The molecule has 0 bridgehead atoms. The first kappa shape index (κ1) is 63.9. The molecule has 490 valence electrons. The molecule has 10 heterocycles. The topological polar surface area (TPSA) is 19.4 Å². The van der Waals surface area contributed by atoms with Gasteiger partial charge in [-0.15, -0.1) is 0 Å². The van der Waals surface area contributed by atoms with E-state index in [1.807, 2.05) is 12.1 Å². The van der Waals surface area contributed by atoms with Crippen molar-refractivity contribution in [3.8, 4) is 56.3 Å². The molecule has 0 fully saturated rings. The Labute approximate surface area is 588 Å². The van der Waals surface area contributed by atoms with Crippen LogP contribution in [0.15, 0.2) is 255 Å². The quantitative estimate of drug-likeness (QED) is 0.157. The molecule has 1 atom stereocenters. The molecular formula is C94H87FN5+5. The van der Waals surface area contributed by atoms with Crippen LogP contribution in [0.2, 0.25) is 0 Å². The minimum absolute atomic E-state index is 0.181. The number of nitrogens with zero attached hydrogens (tertiary/aromatic N) is 5. The van der Waals surface area contributed by atoms with Gasteiger partial charge >= 0.3 is 0 Å². The van der Waals surface area contributed by atoms with Crippen molar-refractivity contribution in [1.29, 1.82) is 0 Å². The largest absolute Gasteiger partial charge is 0.221 e. The Morgan fingerprint density at radius 2 is 0.850 bits per heavy atom. The second-order valence-corrected chi connectivity index (χ2v) is 29.1. The summed E-state index contributed by atoms with van der Waals surface area (Å²) in [6.07, 6.45) is 5.63. The van der Waals surface area contributed by atoms with Crippen LogP contribution in [-0.4, -0.2) is 0 Å². The number of aromatic nitrogens is 5. The van der Waals surface area contributed by atoms with Gasteiger partial charge in [0.25, 0.3) is 0 Å². The lowest BCUT2D eigenvalue weighted by molar-refractivity contribution is -0.671. The number of fused-ring (bicyclic) bond motifs is 25. The second-order valence-electron chi connectivity index (χ2n) is 29.1. The molecule has 10 aromatic carbocycles. The maximum absolute atomic E-state index is 13.3. The molecule has 5 aromatic heterocycles. The molecule has 5 aliphatic rings. The van der Waals surface area contributed by atoms with Gasteiger partial charge in [0.2, 0.25) is 45.0 Å². The zero-order valence-corrected chi connectivity index (χ0v) is 59.3. The van der Waals surface area contributed by atoms with Crippen LogP contribution in [0.25, 0.3) is 111 Å². The van der Waals surface area contributed by atoms with E-state index in [1.165, 1.54) is 179 Å². The smallest absolute Gasteiger partial charge is 0.207 e. The molecule has 0 amide bonds. The zero-order valence-electron chi connectivity index (χ0n) is 59.3. The number of aryl methyl sites for hydroxylation is 4. The van der Waals surface area contributed by atoms with E-state index in [9.17, 15) is 4.39 Å². The number of hydrogen-bond acceptors (Lipinski definition) is 0. The van der Waals surface area contributed by atoms with Gasteiger partial charge in [-0.3, -0.25) is 0 Å². The summed E-state index contributed by atoms with van der Waals surface area (Å²) < 4.78 is 25.2. The van der Waals surface area contributed by atoms with Crippen molar-refractivity contribution in [2.24, 2.45) is 0 Å². The van der Waals surface area contributed by atoms with Gasteiger partial charge in [-0.1, -0.05) is 150 Å². The Hall–Kier alpha value is -10.8. The summed E-state index contributed by atoms with van der Waals surface area (Å²) in [5.41, 5.74) is 34.3. The van der Waals surface area contributed by atoms with Gasteiger partial charge in [0.1, 0.15) is 5.82 Å². The van der Waals surface area contributed by atoms with Crippen molar-refractivity contribution in [2.45, 2.75) is 126 Å². The molecule has 1 unspecified atom stereocenters. The Bertz CT molecular complexity index is 5800. The number of halogens is 1. The average molecular weight is 1310 g/mol. The molecule has 5 nitrogen and oxygen atoms in total. The standard InChI is InChI=1S/2C20H20N.C19H18N.C18H16N.C17H13FN/c1-13(2)15-8-9-17-12-21-19-7-5-4-6-16(19)10-14(3)20(21)18(17)11-15;1-3-14(2)16-8-9-19-17(12-16)13-21-11-10-15-6-4-5-7-18(15)20(19)21;1-13(2)15-7-8-18-16(11-15)12-20-10-9-14-5-3-4-6-17(14)19(18)20;1-12-9-13(2)16-11-19-17-6-4-3-5-14(17)7-8-18(19)15(16)10-12;1-11-2-3-13-10-19-16-7-5-14(18)9-12(16)4-6-17(19)15(13)8-11/h4-11,13H,12H2,1-3H3;4-12,14H,3,13H2,1-2H3;3-11,13H,12H2,1-2H3;3-10H,11H2,1-2H3;2-9H,10H2,1H3/q5*+1. The number of hydrogen-bond donors (Lipinski definition) is 0. The first-order valence-corrected chi connectivity index (χ1v) is 36.0. The van der Waals surface area contributed by atoms with Crippen LogP contribution in [0.4, 0.5) is 4.39 Å². The molecule has 15 aromatic rings. The summed E-state index contributed by atoms with van der Waals surface area (Å²) in [6, 6.07) is 87.1. The molecule has 0 N–H and O–H groups in total. The van der Waals surface area contributed by atoms with Crippen LogP contribution in [-0.2, 0) is 32.7 Å². The summed E-state index contributed by atoms with van der Waals surface area (Å²) >= 11 is 0. The minimum Gasteiger partial charge on any atom is -0.207 e. The summed E-state index contributed by atoms with van der Waals surface area (Å²) in [6.45, 7) is 27.2. The van der Waals surface area contributed by atoms with E-state index < -0.39 is 0 Å². The van der Waals surface area contributed by atoms with E-state index in [2.05, 4.69) is 323 Å². The minimum atomic E-state index is -0.181. The summed E-state index contributed by atoms with van der Waals surface area (Å²) in [5.74, 6) is 1.62. The van der Waals surface area contributed by atoms with Crippen molar-refractivity contribution < 1.29 is 27.2 Å². The molecule has 20 rings (SSSR count). The Morgan fingerprint density at radius 3 is 1.52 bits per heavy atom. The summed E-state index contributed by atoms with van der Waals surface area (Å²) in [5, 5.41) is 8.94. The van der Waals surface area contributed by atoms with E-state index in [4.69, 9.17) is 0 Å². The highest BCUT2D eigenvalue weighted by molar-refractivity contribution is 5.95. The van der Waals surface area contributed by atoms with Crippen LogP contribution in [0, 0.1) is 33.5 Å². The van der Waals surface area contributed by atoms with Gasteiger partial charge in [-0.2, -0.15) is 22.8 Å². The van der Waals surface area contributed by atoms with Crippen molar-refractivity contribution in [3.63, 3.8) is 0 Å². The Balaban J connectivity index is 0.0000000973. The Morgan fingerprint density at radius 1 is 0.340 bits per heavy atom. The molecule has 0 saturated heterocycles. The van der Waals surface area contributed by atoms with Crippen LogP contribution < -0.4 is 22.8 Å². The molecule has 0 spiro atoms. The summed E-state index contributed by atoms with van der Waals surface area (Å²) in [7, 11) is 0. The van der Waals surface area contributed by atoms with Gasteiger partial charge in [-0.25, -0.2) is 4.39 Å². The molecule has 0 aliphatic carbocycles. The molecule has 5 aliphatic heterocycles. The van der Waals surface area contributed by atoms with E-state index >= 15 is 0 Å². The van der Waals surface area contributed by atoms with Crippen molar-refractivity contribution in [3.05, 3.63) is 328 Å². The molecular weight excluding hydrogens is 1220 g/mol. The predicted molar refractivity (Wildman–Crippen MR) is 409 cm³/mol. The number of benzene rings is 10. The fourth-order valence-corrected chi connectivity index (χ4v) is 16.3. The average Bonchev–Trinajstić information content (AvgIpc) is 1.53. The highest BCUT2D eigenvalue weighted by Gasteiger charge is 2.34. The lowest BCUT2D eigenvalue weighted by Gasteiger charge is -2.09. The normalized spacial score (nSPS) is 12.9. The third-order valence-corrected chi connectivity index (χ3v) is 21.8. The van der Waals surface area contributed by atoms with Gasteiger partial charge in [-0.05, 0) is 188 Å². The van der Waals surface area contributed by atoms with E-state index in [-0.39, 0.29) is 5.82 Å². The first-order valence-electron chi connectivity index (χ1n) is 36.0. The third-order valence-electron chi connectivity index (χ3n) is 21.8. The summed E-state index contributed by atoms with van der Waals surface area (Å²) in [4.78, 5) is 0. The zero-order chi connectivity index (χ0) is 68.6. The van der Waals surface area contributed by atoms with E-state index in [0.29, 0.717) is 17.8 Å². The van der Waals surface area contributed by atoms with Gasteiger partial charge in [0, 0.05) is 92.0 Å². The SMILES string of the molecule is CC(C)c1ccc2c(c1)C[n+]1ccc3ccccc3c1-2.CCC(C)c1ccc2c(c1)C[n+]1ccc3ccccc3c1-2.Cc1cc(C)c2c(c1)-c1ccc3ccccc3[n+]1C2.Cc1cc2ccccc2[n+]2c1-c1cc(C(C)C)ccc1C2.Cc1ccc2c(c1)-c1ccc3cc(F)ccc3[n+]1C2. The predicted octanol–water partition coefficient (Wildman–Crippen LogP) is 20.9.